The lowest BCUT2D eigenvalue weighted by molar-refractivity contribution is 0.481. The number of benzene rings is 2. The summed E-state index contributed by atoms with van der Waals surface area (Å²) < 4.78 is 55.1. The molecule has 0 aliphatic carbocycles. The molecule has 0 saturated carbocycles. The molecule has 25 heavy (non-hydrogen) atoms. The first-order chi connectivity index (χ1) is 11.7. The van der Waals surface area contributed by atoms with Gasteiger partial charge in [-0.1, -0.05) is 6.07 Å². The molecule has 0 bridgehead atoms. The Morgan fingerprint density at radius 1 is 1.08 bits per heavy atom. The van der Waals surface area contributed by atoms with Crippen molar-refractivity contribution in [1.29, 1.82) is 0 Å². The zero-order valence-electron chi connectivity index (χ0n) is 13.4. The molecule has 6 nitrogen and oxygen atoms in total. The van der Waals surface area contributed by atoms with Crippen LogP contribution in [0, 0.1) is 0 Å². The molecule has 0 radical (unpaired) electrons. The van der Waals surface area contributed by atoms with Crippen molar-refractivity contribution < 1.29 is 21.6 Å². The van der Waals surface area contributed by atoms with Crippen molar-refractivity contribution in [3.8, 4) is 11.5 Å². The van der Waals surface area contributed by atoms with Crippen LogP contribution < -0.4 is 9.46 Å². The van der Waals surface area contributed by atoms with Crippen LogP contribution in [0.5, 0.6) is 11.5 Å². The maximum atomic E-state index is 12.3. The smallest absolute Gasteiger partial charge is 0.229 e. The molecular formula is C16H17NO5S3. The molecule has 2 aromatic rings. The fraction of sp³-hybridized carbons (Fsp3) is 0.250. The quantitative estimate of drug-likeness (QED) is 0.720. The van der Waals surface area contributed by atoms with E-state index in [0.717, 1.165) is 12.0 Å². The van der Waals surface area contributed by atoms with Crippen molar-refractivity contribution in [2.24, 2.45) is 0 Å². The Morgan fingerprint density at radius 2 is 1.76 bits per heavy atom. The Balaban J connectivity index is 1.73. The average Bonchev–Trinajstić information content (AvgIpc) is 3.31. The summed E-state index contributed by atoms with van der Waals surface area (Å²) in [5.74, 6) is 1.93. The minimum Gasteiger partial charge on any atom is -0.457 e. The van der Waals surface area contributed by atoms with Gasteiger partial charge in [-0.05, 0) is 42.5 Å². The SMILES string of the molecule is CS(=O)(=O)Nc1ccc(Oc2cccc(S(=O)(=O)CC3CS3)c2)cc1. The van der Waals surface area contributed by atoms with Crippen LogP contribution in [0.1, 0.15) is 0 Å². The van der Waals surface area contributed by atoms with Crippen LogP contribution in [0.15, 0.2) is 53.4 Å². The van der Waals surface area contributed by atoms with E-state index in [1.807, 2.05) is 0 Å². The van der Waals surface area contributed by atoms with Crippen LogP contribution in [-0.2, 0) is 19.9 Å². The lowest BCUT2D eigenvalue weighted by Crippen LogP contribution is -2.11. The number of nitrogens with one attached hydrogen (secondary N) is 1. The van der Waals surface area contributed by atoms with Gasteiger partial charge in [0.1, 0.15) is 11.5 Å². The molecule has 9 heteroatoms. The van der Waals surface area contributed by atoms with Gasteiger partial charge in [-0.3, -0.25) is 4.72 Å². The summed E-state index contributed by atoms with van der Waals surface area (Å²) in [6, 6.07) is 12.7. The maximum Gasteiger partial charge on any atom is 0.229 e. The molecule has 2 aromatic carbocycles. The zero-order valence-corrected chi connectivity index (χ0v) is 15.8. The molecule has 1 aliphatic heterocycles. The topological polar surface area (TPSA) is 89.5 Å². The summed E-state index contributed by atoms with van der Waals surface area (Å²) in [7, 11) is -6.65. The molecule has 0 amide bonds. The van der Waals surface area contributed by atoms with Crippen molar-refractivity contribution in [2.75, 3.05) is 22.5 Å². The van der Waals surface area contributed by atoms with E-state index in [9.17, 15) is 16.8 Å². The van der Waals surface area contributed by atoms with Crippen molar-refractivity contribution in [3.05, 3.63) is 48.5 Å². The molecule has 3 rings (SSSR count). The van der Waals surface area contributed by atoms with Crippen molar-refractivity contribution in [2.45, 2.75) is 10.1 Å². The lowest BCUT2D eigenvalue weighted by Gasteiger charge is -2.09. The van der Waals surface area contributed by atoms with E-state index in [1.54, 1.807) is 54.2 Å². The van der Waals surface area contributed by atoms with Gasteiger partial charge in [-0.2, -0.15) is 11.8 Å². The molecule has 0 aromatic heterocycles. The van der Waals surface area contributed by atoms with E-state index < -0.39 is 19.9 Å². The predicted molar refractivity (Wildman–Crippen MR) is 99.7 cm³/mol. The highest BCUT2D eigenvalue weighted by Crippen LogP contribution is 2.33. The highest BCUT2D eigenvalue weighted by molar-refractivity contribution is 8.08. The van der Waals surface area contributed by atoms with Crippen LogP contribution in [0.25, 0.3) is 0 Å². The first kappa shape index (κ1) is 18.1. The van der Waals surface area contributed by atoms with Crippen molar-refractivity contribution in [3.63, 3.8) is 0 Å². The molecule has 0 spiro atoms. The van der Waals surface area contributed by atoms with E-state index in [1.165, 1.54) is 6.07 Å². The van der Waals surface area contributed by atoms with Gasteiger partial charge in [-0.25, -0.2) is 16.8 Å². The number of ether oxygens (including phenoxy) is 1. The van der Waals surface area contributed by atoms with E-state index in [4.69, 9.17) is 4.74 Å². The summed E-state index contributed by atoms with van der Waals surface area (Å²) in [6.45, 7) is 0. The van der Waals surface area contributed by atoms with Gasteiger partial charge < -0.3 is 4.74 Å². The largest absolute Gasteiger partial charge is 0.457 e. The third-order valence-corrected chi connectivity index (χ3v) is 6.97. The summed E-state index contributed by atoms with van der Waals surface area (Å²) in [6.07, 6.45) is 1.07. The van der Waals surface area contributed by atoms with Gasteiger partial charge in [0.15, 0.2) is 9.84 Å². The van der Waals surface area contributed by atoms with Crippen molar-refractivity contribution >= 4 is 37.3 Å². The van der Waals surface area contributed by atoms with Crippen LogP contribution in [0.3, 0.4) is 0 Å². The monoisotopic (exact) mass is 399 g/mol. The minimum atomic E-state index is -3.34. The van der Waals surface area contributed by atoms with E-state index >= 15 is 0 Å². The fourth-order valence-electron chi connectivity index (χ4n) is 2.18. The number of thioether (sulfide) groups is 1. The summed E-state index contributed by atoms with van der Waals surface area (Å²) in [4.78, 5) is 0.243. The molecule has 1 unspecified atom stereocenters. The standard InChI is InChI=1S/C16H17NO5S3/c1-24(18,19)17-12-5-7-13(8-6-12)22-14-3-2-4-16(9-14)25(20,21)11-15-10-23-15/h2-9,15,17H,10-11H2,1H3. The molecule has 1 saturated heterocycles. The Bertz CT molecular complexity index is 965. The first-order valence-electron chi connectivity index (χ1n) is 7.41. The number of rotatable bonds is 7. The van der Waals surface area contributed by atoms with Gasteiger partial charge in [0, 0.05) is 16.7 Å². The molecule has 1 aliphatic rings. The first-order valence-corrected chi connectivity index (χ1v) is 12.0. The van der Waals surface area contributed by atoms with Gasteiger partial charge in [0.05, 0.1) is 16.9 Å². The molecule has 1 fully saturated rings. The second-order valence-electron chi connectivity index (χ2n) is 5.71. The molecule has 1 N–H and O–H groups in total. The number of sulfone groups is 1. The van der Waals surface area contributed by atoms with Crippen LogP contribution in [0.2, 0.25) is 0 Å². The zero-order chi connectivity index (χ0) is 18.1. The van der Waals surface area contributed by atoms with Gasteiger partial charge in [0.2, 0.25) is 10.0 Å². The van der Waals surface area contributed by atoms with E-state index in [-0.39, 0.29) is 15.9 Å². The highest BCUT2D eigenvalue weighted by atomic mass is 32.2. The summed E-state index contributed by atoms with van der Waals surface area (Å²) >= 11 is 1.64. The van der Waals surface area contributed by atoms with Crippen LogP contribution >= 0.6 is 11.8 Å². The molecule has 1 atom stereocenters. The minimum absolute atomic E-state index is 0.146. The Morgan fingerprint density at radius 3 is 2.36 bits per heavy atom. The van der Waals surface area contributed by atoms with Gasteiger partial charge >= 0.3 is 0 Å². The molecule has 1 heterocycles. The van der Waals surface area contributed by atoms with E-state index in [2.05, 4.69) is 4.72 Å². The number of anilines is 1. The molecule has 134 valence electrons. The average molecular weight is 400 g/mol. The van der Waals surface area contributed by atoms with Gasteiger partial charge in [0.25, 0.3) is 0 Å². The summed E-state index contributed by atoms with van der Waals surface area (Å²) in [5.41, 5.74) is 0.424. The van der Waals surface area contributed by atoms with Crippen LogP contribution in [0.4, 0.5) is 5.69 Å². The Labute approximate surface area is 151 Å². The maximum absolute atomic E-state index is 12.3. The van der Waals surface area contributed by atoms with Gasteiger partial charge in [-0.15, -0.1) is 0 Å². The second kappa shape index (κ2) is 6.89. The van der Waals surface area contributed by atoms with E-state index in [0.29, 0.717) is 17.2 Å². The predicted octanol–water partition coefficient (Wildman–Crippen LogP) is 2.74. The number of sulfonamides is 1. The van der Waals surface area contributed by atoms with Crippen molar-refractivity contribution in [1.82, 2.24) is 0 Å². The number of hydrogen-bond acceptors (Lipinski definition) is 6. The highest BCUT2D eigenvalue weighted by Gasteiger charge is 2.30. The lowest BCUT2D eigenvalue weighted by atomic mass is 10.3. The Kier molecular flexibility index (Phi) is 4.99. The fourth-order valence-corrected chi connectivity index (χ4v) is 5.45. The normalized spacial score (nSPS) is 17.1. The third kappa shape index (κ3) is 5.38. The number of hydrogen-bond donors (Lipinski definition) is 1. The van der Waals surface area contributed by atoms with Crippen LogP contribution in [-0.4, -0.2) is 39.8 Å². The molecular weight excluding hydrogens is 382 g/mol. The summed E-state index contributed by atoms with van der Waals surface area (Å²) in [5, 5.41) is 0.199. The Hall–Kier alpha value is -1.71. The second-order valence-corrected chi connectivity index (χ2v) is 10.8. The third-order valence-electron chi connectivity index (χ3n) is 3.37.